The maximum atomic E-state index is 13.5. The second kappa shape index (κ2) is 13.5. The lowest BCUT2D eigenvalue weighted by Gasteiger charge is -2.25. The third-order valence-corrected chi connectivity index (χ3v) is 6.52. The molecule has 0 aliphatic carbocycles. The van der Waals surface area contributed by atoms with Crippen LogP contribution in [0.15, 0.2) is 60.7 Å². The van der Waals surface area contributed by atoms with Gasteiger partial charge in [0.1, 0.15) is 12.2 Å². The molecule has 36 heavy (non-hydrogen) atoms. The van der Waals surface area contributed by atoms with E-state index in [2.05, 4.69) is 26.1 Å². The van der Waals surface area contributed by atoms with E-state index in [1.54, 1.807) is 32.5 Å². The highest BCUT2D eigenvalue weighted by Gasteiger charge is 2.31. The van der Waals surface area contributed by atoms with Gasteiger partial charge in [0, 0.05) is 16.9 Å². The third kappa shape index (κ3) is 11.8. The number of carbonyl (C=O) groups is 3. The molecule has 2 rings (SSSR count). The van der Waals surface area contributed by atoms with Crippen molar-refractivity contribution in [3.63, 3.8) is 0 Å². The van der Waals surface area contributed by atoms with Crippen LogP contribution in [0.5, 0.6) is 0 Å². The lowest BCUT2D eigenvalue weighted by atomic mass is 9.95. The highest BCUT2D eigenvalue weighted by atomic mass is 32.2. The molecule has 2 aromatic carbocycles. The number of rotatable bonds is 11. The number of ether oxygens (including phenoxy) is 2. The van der Waals surface area contributed by atoms with E-state index in [0.29, 0.717) is 12.2 Å². The Balaban J connectivity index is 2.17. The number of carbonyl (C=O) groups excluding carboxylic acids is 3. The molecule has 0 aliphatic rings. The van der Waals surface area contributed by atoms with Crippen molar-refractivity contribution in [2.75, 3.05) is 5.75 Å². The summed E-state index contributed by atoms with van der Waals surface area (Å²) in [7, 11) is 0. The number of ketones is 1. The molecule has 0 fully saturated rings. The van der Waals surface area contributed by atoms with Crippen molar-refractivity contribution in [3.05, 3.63) is 71.8 Å². The van der Waals surface area contributed by atoms with E-state index in [4.69, 9.17) is 9.47 Å². The average molecular weight is 514 g/mol. The summed E-state index contributed by atoms with van der Waals surface area (Å²) in [4.78, 5) is 39.1. The Morgan fingerprint density at radius 2 is 1.42 bits per heavy atom. The fraction of sp³-hybridized carbons (Fsp3) is 0.483. The number of esters is 1. The van der Waals surface area contributed by atoms with E-state index in [1.165, 1.54) is 0 Å². The molecule has 0 bridgehead atoms. The van der Waals surface area contributed by atoms with Gasteiger partial charge in [0.05, 0.1) is 12.0 Å². The van der Waals surface area contributed by atoms with Crippen LogP contribution in [0.2, 0.25) is 0 Å². The molecule has 2 atom stereocenters. The first-order chi connectivity index (χ1) is 16.8. The predicted molar refractivity (Wildman–Crippen MR) is 145 cm³/mol. The Hall–Kier alpha value is -2.80. The molecule has 6 nitrogen and oxygen atoms in total. The molecule has 1 amide bonds. The van der Waals surface area contributed by atoms with Crippen LogP contribution >= 0.6 is 11.8 Å². The Morgan fingerprint density at radius 1 is 0.861 bits per heavy atom. The SMILES string of the molecule is CC(C)(C)OC(=O)N[C@@H](Cc1ccccc1)C(=O)C[C@@H](CSC(C)(C)C)C(=O)OCc1ccccc1. The zero-order valence-electron chi connectivity index (χ0n) is 22.2. The average Bonchev–Trinajstić information content (AvgIpc) is 2.79. The first-order valence-electron chi connectivity index (χ1n) is 12.2. The summed E-state index contributed by atoms with van der Waals surface area (Å²) in [6.07, 6.45) is -0.398. The van der Waals surface area contributed by atoms with Crippen LogP contribution in [0.1, 0.15) is 59.1 Å². The van der Waals surface area contributed by atoms with Crippen molar-refractivity contribution in [2.24, 2.45) is 5.92 Å². The molecule has 7 heteroatoms. The zero-order valence-corrected chi connectivity index (χ0v) is 23.0. The van der Waals surface area contributed by atoms with Crippen molar-refractivity contribution in [2.45, 2.75) is 77.4 Å². The highest BCUT2D eigenvalue weighted by Crippen LogP contribution is 2.28. The van der Waals surface area contributed by atoms with Gasteiger partial charge in [-0.15, -0.1) is 0 Å². The molecule has 1 N–H and O–H groups in total. The molecule has 0 aliphatic heterocycles. The Labute approximate surface area is 219 Å². The highest BCUT2D eigenvalue weighted by molar-refractivity contribution is 8.00. The van der Waals surface area contributed by atoms with Gasteiger partial charge >= 0.3 is 12.1 Å². The fourth-order valence-electron chi connectivity index (χ4n) is 3.34. The first-order valence-corrected chi connectivity index (χ1v) is 13.2. The topological polar surface area (TPSA) is 81.7 Å². The Bertz CT molecular complexity index is 980. The summed E-state index contributed by atoms with van der Waals surface area (Å²) in [6.45, 7) is 11.6. The van der Waals surface area contributed by atoms with E-state index in [9.17, 15) is 14.4 Å². The quantitative estimate of drug-likeness (QED) is 0.373. The summed E-state index contributed by atoms with van der Waals surface area (Å²) in [5.74, 6) is -0.849. The first kappa shape index (κ1) is 29.4. The van der Waals surface area contributed by atoms with E-state index in [-0.39, 0.29) is 23.6 Å². The molecule has 2 aromatic rings. The number of thioether (sulfide) groups is 1. The van der Waals surface area contributed by atoms with Crippen molar-refractivity contribution >= 4 is 29.6 Å². The number of Topliss-reactive ketones (excluding diaryl/α,β-unsaturated/α-hetero) is 1. The van der Waals surface area contributed by atoms with Gasteiger partial charge in [0.25, 0.3) is 0 Å². The number of alkyl carbamates (subject to hydrolysis) is 1. The van der Waals surface area contributed by atoms with Gasteiger partial charge in [-0.05, 0) is 38.3 Å². The van der Waals surface area contributed by atoms with Gasteiger partial charge in [0.2, 0.25) is 0 Å². The summed E-state index contributed by atoms with van der Waals surface area (Å²) < 4.78 is 10.9. The molecular weight excluding hydrogens is 474 g/mol. The lowest BCUT2D eigenvalue weighted by molar-refractivity contribution is -0.150. The monoisotopic (exact) mass is 513 g/mol. The fourth-order valence-corrected chi connectivity index (χ4v) is 4.29. The molecule has 0 unspecified atom stereocenters. The third-order valence-electron chi connectivity index (χ3n) is 5.08. The summed E-state index contributed by atoms with van der Waals surface area (Å²) in [5.41, 5.74) is 1.09. The molecular formula is C29H39NO5S. The second-order valence-electron chi connectivity index (χ2n) is 10.8. The van der Waals surface area contributed by atoms with E-state index in [0.717, 1.165) is 11.1 Å². The van der Waals surface area contributed by atoms with Gasteiger partial charge in [-0.25, -0.2) is 4.79 Å². The minimum absolute atomic E-state index is 0.0377. The molecule has 0 saturated carbocycles. The summed E-state index contributed by atoms with van der Waals surface area (Å²) in [6, 6.07) is 18.1. The van der Waals surface area contributed by atoms with Crippen molar-refractivity contribution in [1.82, 2.24) is 5.32 Å². The lowest BCUT2D eigenvalue weighted by Crippen LogP contribution is -2.45. The standard InChI is InChI=1S/C29H39NO5S/c1-28(2,3)35-27(33)30-24(17-21-13-9-7-10-14-21)25(31)18-23(20-36-29(4,5)6)26(32)34-19-22-15-11-8-12-16-22/h7-16,23-24H,17-20H2,1-6H3,(H,30,33)/t23-,24-/m0/s1. The number of hydrogen-bond acceptors (Lipinski definition) is 6. The minimum atomic E-state index is -0.827. The Kier molecular flexibility index (Phi) is 11.0. The molecule has 0 heterocycles. The van der Waals surface area contributed by atoms with Crippen LogP contribution in [0.4, 0.5) is 4.79 Å². The van der Waals surface area contributed by atoms with Crippen LogP contribution in [0.3, 0.4) is 0 Å². The molecule has 0 radical (unpaired) electrons. The minimum Gasteiger partial charge on any atom is -0.461 e. The van der Waals surface area contributed by atoms with Gasteiger partial charge in [0.15, 0.2) is 5.78 Å². The van der Waals surface area contributed by atoms with Crippen LogP contribution in [0, 0.1) is 5.92 Å². The van der Waals surface area contributed by atoms with Crippen LogP contribution in [-0.2, 0) is 32.1 Å². The van der Waals surface area contributed by atoms with Gasteiger partial charge in [-0.2, -0.15) is 11.8 Å². The van der Waals surface area contributed by atoms with Gasteiger partial charge < -0.3 is 14.8 Å². The van der Waals surface area contributed by atoms with E-state index in [1.807, 2.05) is 60.7 Å². The van der Waals surface area contributed by atoms with Crippen LogP contribution in [0.25, 0.3) is 0 Å². The number of nitrogens with one attached hydrogen (secondary N) is 1. The summed E-state index contributed by atoms with van der Waals surface area (Å²) >= 11 is 1.61. The van der Waals surface area contributed by atoms with Crippen molar-refractivity contribution in [1.29, 1.82) is 0 Å². The molecule has 0 saturated heterocycles. The van der Waals surface area contributed by atoms with Crippen LogP contribution in [-0.4, -0.2) is 40.0 Å². The molecule has 196 valence electrons. The summed E-state index contributed by atoms with van der Waals surface area (Å²) in [5, 5.41) is 2.73. The number of hydrogen-bond donors (Lipinski definition) is 1. The number of amides is 1. The van der Waals surface area contributed by atoms with Crippen LogP contribution < -0.4 is 5.32 Å². The van der Waals surface area contributed by atoms with Gasteiger partial charge in [-0.1, -0.05) is 81.4 Å². The predicted octanol–water partition coefficient (Wildman–Crippen LogP) is 5.97. The van der Waals surface area contributed by atoms with Gasteiger partial charge in [-0.3, -0.25) is 9.59 Å². The zero-order chi connectivity index (χ0) is 26.8. The largest absolute Gasteiger partial charge is 0.461 e. The number of benzene rings is 2. The second-order valence-corrected chi connectivity index (χ2v) is 12.6. The maximum Gasteiger partial charge on any atom is 0.408 e. The van der Waals surface area contributed by atoms with Crippen molar-refractivity contribution in [3.8, 4) is 0 Å². The maximum absolute atomic E-state index is 13.5. The van der Waals surface area contributed by atoms with E-state index >= 15 is 0 Å². The smallest absolute Gasteiger partial charge is 0.408 e. The normalized spacial score (nSPS) is 13.4. The molecule has 0 spiro atoms. The molecule has 0 aromatic heterocycles. The van der Waals surface area contributed by atoms with E-state index < -0.39 is 29.6 Å². The Morgan fingerprint density at radius 3 is 1.94 bits per heavy atom. The van der Waals surface area contributed by atoms with Crippen molar-refractivity contribution < 1.29 is 23.9 Å².